The number of aromatic nitrogens is 1. The molecule has 1 aromatic heterocycles. The lowest BCUT2D eigenvalue weighted by atomic mass is 10.00. The first-order valence-electron chi connectivity index (χ1n) is 6.50. The highest BCUT2D eigenvalue weighted by Crippen LogP contribution is 2.19. The smallest absolute Gasteiger partial charge is 0.357 e. The monoisotopic (exact) mass is 261 g/mol. The summed E-state index contributed by atoms with van der Waals surface area (Å²) in [7, 11) is 0. The van der Waals surface area contributed by atoms with Gasteiger partial charge in [-0.05, 0) is 25.8 Å². The molecule has 0 spiro atoms. The number of pyridine rings is 1. The standard InChI is InChI=1S/C14H19N3O2/c1-3-5-6-7-11-10(9-15)8-12(16)17-13(11)14(18)19-4-2/h8H,3-7H2,1-2H3,(H2,16,17). The van der Waals surface area contributed by atoms with Gasteiger partial charge in [-0.25, -0.2) is 9.78 Å². The van der Waals surface area contributed by atoms with Crippen LogP contribution in [0.1, 0.15) is 54.7 Å². The van der Waals surface area contributed by atoms with Gasteiger partial charge in [-0.2, -0.15) is 5.26 Å². The van der Waals surface area contributed by atoms with Gasteiger partial charge in [-0.15, -0.1) is 0 Å². The maximum Gasteiger partial charge on any atom is 0.357 e. The van der Waals surface area contributed by atoms with Gasteiger partial charge in [0.25, 0.3) is 0 Å². The van der Waals surface area contributed by atoms with Gasteiger partial charge >= 0.3 is 5.97 Å². The lowest BCUT2D eigenvalue weighted by Gasteiger charge is -2.10. The minimum Gasteiger partial charge on any atom is -0.461 e. The zero-order valence-corrected chi connectivity index (χ0v) is 11.4. The predicted molar refractivity (Wildman–Crippen MR) is 72.5 cm³/mol. The van der Waals surface area contributed by atoms with E-state index in [0.717, 1.165) is 19.3 Å². The number of anilines is 1. The fourth-order valence-electron chi connectivity index (χ4n) is 1.86. The molecule has 19 heavy (non-hydrogen) atoms. The molecule has 0 aliphatic heterocycles. The molecular formula is C14H19N3O2. The van der Waals surface area contributed by atoms with Crippen LogP contribution in [0.3, 0.4) is 0 Å². The van der Waals surface area contributed by atoms with Crippen molar-refractivity contribution in [2.24, 2.45) is 0 Å². The largest absolute Gasteiger partial charge is 0.461 e. The Morgan fingerprint density at radius 1 is 1.47 bits per heavy atom. The first-order chi connectivity index (χ1) is 9.13. The van der Waals surface area contributed by atoms with E-state index >= 15 is 0 Å². The van der Waals surface area contributed by atoms with Crippen molar-refractivity contribution >= 4 is 11.8 Å². The normalized spacial score (nSPS) is 9.95. The first-order valence-corrected chi connectivity index (χ1v) is 6.50. The topological polar surface area (TPSA) is 89.0 Å². The second kappa shape index (κ2) is 7.37. The Kier molecular flexibility index (Phi) is 5.80. The van der Waals surface area contributed by atoms with Crippen LogP contribution >= 0.6 is 0 Å². The summed E-state index contributed by atoms with van der Waals surface area (Å²) in [6, 6.07) is 3.58. The zero-order chi connectivity index (χ0) is 14.3. The summed E-state index contributed by atoms with van der Waals surface area (Å²) in [5.41, 5.74) is 6.85. The van der Waals surface area contributed by atoms with Crippen molar-refractivity contribution < 1.29 is 9.53 Å². The number of esters is 1. The number of unbranched alkanes of at least 4 members (excludes halogenated alkanes) is 2. The summed E-state index contributed by atoms with van der Waals surface area (Å²) in [4.78, 5) is 15.9. The lowest BCUT2D eigenvalue weighted by Crippen LogP contribution is -2.14. The Bertz CT molecular complexity index is 492. The summed E-state index contributed by atoms with van der Waals surface area (Å²) in [5.74, 6) is -0.350. The van der Waals surface area contributed by atoms with E-state index in [1.807, 2.05) is 0 Å². The van der Waals surface area contributed by atoms with Gasteiger partial charge in [0.05, 0.1) is 18.2 Å². The molecule has 0 aromatic carbocycles. The average molecular weight is 261 g/mol. The predicted octanol–water partition coefficient (Wildman–Crippen LogP) is 2.44. The van der Waals surface area contributed by atoms with Crippen molar-refractivity contribution in [1.29, 1.82) is 5.26 Å². The van der Waals surface area contributed by atoms with Gasteiger partial charge in [-0.1, -0.05) is 19.8 Å². The highest BCUT2D eigenvalue weighted by Gasteiger charge is 2.18. The molecule has 1 aromatic rings. The number of rotatable bonds is 6. The number of hydrogen-bond acceptors (Lipinski definition) is 5. The van der Waals surface area contributed by atoms with Crippen molar-refractivity contribution in [3.05, 3.63) is 22.9 Å². The molecular weight excluding hydrogens is 242 g/mol. The first kappa shape index (κ1) is 15.0. The molecule has 1 rings (SSSR count). The highest BCUT2D eigenvalue weighted by atomic mass is 16.5. The number of nitrogens with zero attached hydrogens (tertiary/aromatic N) is 2. The van der Waals surface area contributed by atoms with Crippen molar-refractivity contribution in [3.63, 3.8) is 0 Å². The van der Waals surface area contributed by atoms with Crippen LogP contribution in [0.5, 0.6) is 0 Å². The molecule has 0 fully saturated rings. The average Bonchev–Trinajstić information content (AvgIpc) is 2.40. The fourth-order valence-corrected chi connectivity index (χ4v) is 1.86. The second-order valence-electron chi connectivity index (χ2n) is 4.21. The number of nitriles is 1. The molecule has 0 saturated carbocycles. The zero-order valence-electron chi connectivity index (χ0n) is 11.4. The number of hydrogen-bond donors (Lipinski definition) is 1. The molecule has 0 aliphatic rings. The summed E-state index contributed by atoms with van der Waals surface area (Å²) in [6.45, 7) is 4.09. The molecule has 0 bridgehead atoms. The number of carbonyl (C=O) groups excluding carboxylic acids is 1. The quantitative estimate of drug-likeness (QED) is 0.627. The van der Waals surface area contributed by atoms with E-state index < -0.39 is 5.97 Å². The number of nitrogen functional groups attached to an aromatic ring is 1. The Morgan fingerprint density at radius 2 is 2.21 bits per heavy atom. The van der Waals surface area contributed by atoms with Gasteiger partial charge in [0.2, 0.25) is 0 Å². The van der Waals surface area contributed by atoms with Crippen LogP contribution in [0, 0.1) is 11.3 Å². The fraction of sp³-hybridized carbons (Fsp3) is 0.500. The Labute approximate surface area is 113 Å². The Balaban J connectivity index is 3.14. The molecule has 0 unspecified atom stereocenters. The van der Waals surface area contributed by atoms with Gasteiger partial charge in [0.15, 0.2) is 5.69 Å². The summed E-state index contributed by atoms with van der Waals surface area (Å²) in [6.07, 6.45) is 3.65. The lowest BCUT2D eigenvalue weighted by molar-refractivity contribution is 0.0518. The molecule has 5 heteroatoms. The van der Waals surface area contributed by atoms with E-state index in [0.29, 0.717) is 17.5 Å². The number of ether oxygens (including phenoxy) is 1. The van der Waals surface area contributed by atoms with Crippen molar-refractivity contribution in [2.75, 3.05) is 12.3 Å². The third kappa shape index (κ3) is 3.95. The van der Waals surface area contributed by atoms with Crippen LogP contribution in [0.15, 0.2) is 6.07 Å². The summed E-state index contributed by atoms with van der Waals surface area (Å²) >= 11 is 0. The summed E-state index contributed by atoms with van der Waals surface area (Å²) in [5, 5.41) is 9.15. The molecule has 5 nitrogen and oxygen atoms in total. The van der Waals surface area contributed by atoms with E-state index in [1.54, 1.807) is 6.92 Å². The van der Waals surface area contributed by atoms with Crippen LogP contribution in [0.25, 0.3) is 0 Å². The van der Waals surface area contributed by atoms with Gasteiger partial charge in [-0.3, -0.25) is 0 Å². The Morgan fingerprint density at radius 3 is 2.79 bits per heavy atom. The highest BCUT2D eigenvalue weighted by molar-refractivity contribution is 5.90. The van der Waals surface area contributed by atoms with Crippen LogP contribution in [0.4, 0.5) is 5.82 Å². The number of carbonyl (C=O) groups is 1. The minimum atomic E-state index is -0.516. The molecule has 0 atom stereocenters. The third-order valence-electron chi connectivity index (χ3n) is 2.76. The van der Waals surface area contributed by atoms with Gasteiger partial charge in [0.1, 0.15) is 5.82 Å². The van der Waals surface area contributed by atoms with Crippen LogP contribution in [-0.4, -0.2) is 17.6 Å². The van der Waals surface area contributed by atoms with E-state index in [1.165, 1.54) is 6.07 Å². The van der Waals surface area contributed by atoms with E-state index in [4.69, 9.17) is 15.7 Å². The molecule has 0 amide bonds. The molecule has 1 heterocycles. The second-order valence-corrected chi connectivity index (χ2v) is 4.21. The van der Waals surface area contributed by atoms with Crippen LogP contribution in [-0.2, 0) is 11.2 Å². The maximum absolute atomic E-state index is 11.9. The van der Waals surface area contributed by atoms with Gasteiger partial charge < -0.3 is 10.5 Å². The van der Waals surface area contributed by atoms with E-state index in [-0.39, 0.29) is 18.1 Å². The van der Waals surface area contributed by atoms with Crippen LogP contribution in [0.2, 0.25) is 0 Å². The van der Waals surface area contributed by atoms with Crippen molar-refractivity contribution in [3.8, 4) is 6.07 Å². The SMILES string of the molecule is CCCCCc1c(C#N)cc(N)nc1C(=O)OCC. The van der Waals surface area contributed by atoms with Gasteiger partial charge in [0, 0.05) is 5.56 Å². The Hall–Kier alpha value is -2.09. The molecule has 2 N–H and O–H groups in total. The van der Waals surface area contributed by atoms with Crippen molar-refractivity contribution in [1.82, 2.24) is 4.98 Å². The van der Waals surface area contributed by atoms with Crippen LogP contribution < -0.4 is 5.73 Å². The number of nitrogens with two attached hydrogens (primary N) is 1. The summed E-state index contributed by atoms with van der Waals surface area (Å²) < 4.78 is 4.96. The molecule has 102 valence electrons. The minimum absolute atomic E-state index is 0.166. The van der Waals surface area contributed by atoms with Crippen molar-refractivity contribution in [2.45, 2.75) is 39.5 Å². The van der Waals surface area contributed by atoms with E-state index in [9.17, 15) is 4.79 Å². The molecule has 0 saturated heterocycles. The molecule has 0 radical (unpaired) electrons. The third-order valence-corrected chi connectivity index (χ3v) is 2.76. The van der Waals surface area contributed by atoms with E-state index in [2.05, 4.69) is 18.0 Å². The maximum atomic E-state index is 11.9. The molecule has 0 aliphatic carbocycles.